The van der Waals surface area contributed by atoms with Crippen LogP contribution in [0.3, 0.4) is 0 Å². The smallest absolute Gasteiger partial charge is 0.310 e. The molecule has 1 heterocycles. The molecule has 5 rings (SSSR count). The van der Waals surface area contributed by atoms with Gasteiger partial charge < -0.3 is 20.1 Å². The van der Waals surface area contributed by atoms with Crippen molar-refractivity contribution in [3.63, 3.8) is 0 Å². The number of amides is 2. The number of benzene rings is 2. The van der Waals surface area contributed by atoms with Crippen LogP contribution >= 0.6 is 15.9 Å². The zero-order valence-electron chi connectivity index (χ0n) is 16.7. The molecule has 0 spiro atoms. The lowest BCUT2D eigenvalue weighted by Gasteiger charge is -2.27. The van der Waals surface area contributed by atoms with Crippen LogP contribution in [0.25, 0.3) is 0 Å². The van der Waals surface area contributed by atoms with Crippen molar-refractivity contribution in [1.29, 1.82) is 0 Å². The Morgan fingerprint density at radius 1 is 1.10 bits per heavy atom. The average molecular weight is 485 g/mol. The molecular weight excluding hydrogens is 464 g/mol. The van der Waals surface area contributed by atoms with Crippen LogP contribution in [0.5, 0.6) is 5.75 Å². The average Bonchev–Trinajstić information content (AvgIpc) is 3.38. The maximum atomic E-state index is 13.2. The zero-order valence-corrected chi connectivity index (χ0v) is 18.3. The highest BCUT2D eigenvalue weighted by molar-refractivity contribution is 9.09. The summed E-state index contributed by atoms with van der Waals surface area (Å²) >= 11 is 3.63. The minimum atomic E-state index is -0.463. The Balaban J connectivity index is 1.35. The van der Waals surface area contributed by atoms with E-state index in [1.54, 1.807) is 55.6 Å². The minimum Gasteiger partial charge on any atom is -0.497 e. The first kappa shape index (κ1) is 20.1. The maximum absolute atomic E-state index is 13.2. The molecule has 2 N–H and O–H groups in total. The fourth-order valence-corrected chi connectivity index (χ4v) is 6.28. The molecule has 2 amide bonds. The van der Waals surface area contributed by atoms with Gasteiger partial charge >= 0.3 is 5.97 Å². The highest BCUT2D eigenvalue weighted by atomic mass is 79.9. The van der Waals surface area contributed by atoms with E-state index in [1.165, 1.54) is 0 Å². The van der Waals surface area contributed by atoms with Crippen LogP contribution in [0, 0.1) is 23.7 Å². The molecule has 6 atom stereocenters. The van der Waals surface area contributed by atoms with E-state index in [0.717, 1.165) is 6.42 Å². The van der Waals surface area contributed by atoms with Crippen LogP contribution < -0.4 is 15.4 Å². The van der Waals surface area contributed by atoms with E-state index >= 15 is 0 Å². The fraction of sp³-hybridized carbons (Fsp3) is 0.348. The number of hydrogen-bond donors (Lipinski definition) is 2. The third-order valence-electron chi connectivity index (χ3n) is 6.58. The molecule has 2 aliphatic carbocycles. The lowest BCUT2D eigenvalue weighted by molar-refractivity contribution is -0.145. The molecule has 2 aromatic carbocycles. The highest BCUT2D eigenvalue weighted by Gasteiger charge is 2.67. The van der Waals surface area contributed by atoms with Gasteiger partial charge in [-0.25, -0.2) is 0 Å². The van der Waals surface area contributed by atoms with Gasteiger partial charge in [0, 0.05) is 17.7 Å². The summed E-state index contributed by atoms with van der Waals surface area (Å²) in [7, 11) is 1.56. The number of carbonyl (C=O) groups excluding carboxylic acids is 3. The zero-order chi connectivity index (χ0) is 21.7. The third kappa shape index (κ3) is 3.29. The largest absolute Gasteiger partial charge is 0.497 e. The van der Waals surface area contributed by atoms with Gasteiger partial charge in [0.15, 0.2) is 0 Å². The number of alkyl halides is 1. The summed E-state index contributed by atoms with van der Waals surface area (Å²) < 4.78 is 10.7. The van der Waals surface area contributed by atoms with Gasteiger partial charge in [-0.2, -0.15) is 0 Å². The SMILES string of the molecule is COc1cccc(NC(=O)c2ccccc2NC(=O)[C@@H]2[C@H]3C[C@H]4[C@H](OC(=O)[C@H]42)[C@@H]3Br)c1. The molecule has 0 aromatic heterocycles. The molecular formula is C23H21BrN2O5. The van der Waals surface area contributed by atoms with Crippen molar-refractivity contribution < 1.29 is 23.9 Å². The van der Waals surface area contributed by atoms with Crippen LogP contribution in [0.1, 0.15) is 16.8 Å². The van der Waals surface area contributed by atoms with E-state index in [1.807, 2.05) is 0 Å². The Morgan fingerprint density at radius 3 is 2.71 bits per heavy atom. The van der Waals surface area contributed by atoms with E-state index in [2.05, 4.69) is 26.6 Å². The van der Waals surface area contributed by atoms with E-state index < -0.39 is 11.8 Å². The molecule has 0 radical (unpaired) electrons. The number of ether oxygens (including phenoxy) is 2. The van der Waals surface area contributed by atoms with E-state index in [-0.39, 0.29) is 40.6 Å². The van der Waals surface area contributed by atoms with E-state index in [9.17, 15) is 14.4 Å². The van der Waals surface area contributed by atoms with Gasteiger partial charge in [0.1, 0.15) is 11.9 Å². The van der Waals surface area contributed by atoms with Gasteiger partial charge in [0.25, 0.3) is 5.91 Å². The van der Waals surface area contributed by atoms with Crippen molar-refractivity contribution in [3.05, 3.63) is 54.1 Å². The molecule has 1 aliphatic heterocycles. The van der Waals surface area contributed by atoms with Crippen molar-refractivity contribution in [2.75, 3.05) is 17.7 Å². The first-order valence-corrected chi connectivity index (χ1v) is 11.1. The quantitative estimate of drug-likeness (QED) is 0.500. The number of esters is 1. The summed E-state index contributed by atoms with van der Waals surface area (Å²) in [4.78, 5) is 38.5. The number of methoxy groups -OCH3 is 1. The second kappa shape index (κ2) is 7.67. The van der Waals surface area contributed by atoms with Gasteiger partial charge in [0.05, 0.1) is 35.0 Å². The second-order valence-electron chi connectivity index (χ2n) is 8.18. The summed E-state index contributed by atoms with van der Waals surface area (Å²) in [5.41, 5.74) is 1.33. The van der Waals surface area contributed by atoms with Crippen molar-refractivity contribution in [2.24, 2.45) is 23.7 Å². The van der Waals surface area contributed by atoms with E-state index in [0.29, 0.717) is 22.7 Å². The molecule has 3 aliphatic rings. The second-order valence-corrected chi connectivity index (χ2v) is 9.24. The molecule has 3 fully saturated rings. The molecule has 31 heavy (non-hydrogen) atoms. The Morgan fingerprint density at radius 2 is 1.90 bits per heavy atom. The Bertz CT molecular complexity index is 1070. The fourth-order valence-electron chi connectivity index (χ4n) is 5.24. The third-order valence-corrected chi connectivity index (χ3v) is 7.78. The van der Waals surface area contributed by atoms with Crippen molar-refractivity contribution >= 4 is 45.1 Å². The summed E-state index contributed by atoms with van der Waals surface area (Å²) in [6, 6.07) is 13.9. The summed E-state index contributed by atoms with van der Waals surface area (Å²) in [6.07, 6.45) is 0.667. The van der Waals surface area contributed by atoms with Crippen LogP contribution in [-0.2, 0) is 14.3 Å². The lowest BCUT2D eigenvalue weighted by Crippen LogP contribution is -2.40. The summed E-state index contributed by atoms with van der Waals surface area (Å²) in [5.74, 6) is -0.993. The topological polar surface area (TPSA) is 93.7 Å². The molecule has 1 saturated heterocycles. The number of halogens is 1. The molecule has 7 nitrogen and oxygen atoms in total. The maximum Gasteiger partial charge on any atom is 0.310 e. The summed E-state index contributed by atoms with van der Waals surface area (Å²) in [5, 5.41) is 5.73. The standard InChI is InChI=1S/C23H21BrN2O5/c1-30-12-6-4-5-11(9-12)25-21(27)13-7-2-3-8-16(13)26-22(28)17-14-10-15-18(17)23(29)31-20(15)19(14)24/h2-9,14-15,17-20H,10H2,1H3,(H,25,27)(H,26,28)/t14-,15-,17-,18-,19-,20+/m1/s1. The first-order valence-electron chi connectivity index (χ1n) is 10.2. The number of rotatable bonds is 5. The van der Waals surface area contributed by atoms with Crippen LogP contribution in [0.4, 0.5) is 11.4 Å². The predicted octanol–water partition coefficient (Wildman–Crippen LogP) is 3.46. The van der Waals surface area contributed by atoms with Crippen molar-refractivity contribution in [2.45, 2.75) is 17.4 Å². The van der Waals surface area contributed by atoms with Crippen molar-refractivity contribution in [1.82, 2.24) is 0 Å². The van der Waals surface area contributed by atoms with Gasteiger partial charge in [-0.3, -0.25) is 14.4 Å². The molecule has 2 saturated carbocycles. The monoisotopic (exact) mass is 484 g/mol. The molecule has 160 valence electrons. The van der Waals surface area contributed by atoms with Gasteiger partial charge in [-0.15, -0.1) is 0 Å². The highest BCUT2D eigenvalue weighted by Crippen LogP contribution is 2.60. The van der Waals surface area contributed by atoms with Crippen LogP contribution in [-0.4, -0.2) is 35.8 Å². The number of anilines is 2. The van der Waals surface area contributed by atoms with Crippen LogP contribution in [0.2, 0.25) is 0 Å². The number of nitrogens with one attached hydrogen (secondary N) is 2. The number of carbonyl (C=O) groups is 3. The van der Waals surface area contributed by atoms with Gasteiger partial charge in [0.2, 0.25) is 5.91 Å². The molecule has 2 bridgehead atoms. The first-order chi connectivity index (χ1) is 15.0. The number of para-hydroxylation sites is 1. The Kier molecular flexibility index (Phi) is 4.97. The van der Waals surface area contributed by atoms with Gasteiger partial charge in [-0.1, -0.05) is 34.1 Å². The predicted molar refractivity (Wildman–Crippen MR) is 117 cm³/mol. The minimum absolute atomic E-state index is 0.0115. The van der Waals surface area contributed by atoms with E-state index in [4.69, 9.17) is 9.47 Å². The Hall–Kier alpha value is -2.87. The number of fused-ring (bicyclic) bond motifs is 1. The summed E-state index contributed by atoms with van der Waals surface area (Å²) in [6.45, 7) is 0. The number of hydrogen-bond acceptors (Lipinski definition) is 5. The lowest BCUT2D eigenvalue weighted by atomic mass is 9.79. The van der Waals surface area contributed by atoms with Crippen molar-refractivity contribution in [3.8, 4) is 5.75 Å². The Labute approximate surface area is 187 Å². The normalized spacial score (nSPS) is 30.1. The molecule has 2 aromatic rings. The molecule has 8 heteroatoms. The van der Waals surface area contributed by atoms with Gasteiger partial charge in [-0.05, 0) is 36.6 Å². The van der Waals surface area contributed by atoms with Crippen LogP contribution in [0.15, 0.2) is 48.5 Å². The molecule has 0 unspecified atom stereocenters.